The number of para-hydroxylation sites is 1. The van der Waals surface area contributed by atoms with Crippen LogP contribution >= 0.6 is 0 Å². The first-order chi connectivity index (χ1) is 22.3. The van der Waals surface area contributed by atoms with Gasteiger partial charge in [0.1, 0.15) is 5.75 Å². The Bertz CT molecular complexity index is 1860. The van der Waals surface area contributed by atoms with Gasteiger partial charge in [0.2, 0.25) is 11.8 Å². The molecule has 1 aromatic heterocycles. The molecule has 2 amide bonds. The molecule has 2 aliphatic heterocycles. The Morgan fingerprint density at radius 1 is 0.957 bits per heavy atom. The number of rotatable bonds is 7. The number of aromatic hydroxyl groups is 1. The van der Waals surface area contributed by atoms with Crippen LogP contribution in [0.25, 0.3) is 22.4 Å². The van der Waals surface area contributed by atoms with Crippen LogP contribution in [0.1, 0.15) is 44.4 Å². The average Bonchev–Trinajstić information content (AvgIpc) is 3.33. The molecule has 7 rings (SSSR count). The molecule has 2 fully saturated rings. The largest absolute Gasteiger partial charge is 0.507 e. The van der Waals surface area contributed by atoms with Crippen LogP contribution in [0, 0.1) is 23.7 Å². The van der Waals surface area contributed by atoms with E-state index in [-0.39, 0.29) is 35.7 Å². The molecule has 232 valence electrons. The van der Waals surface area contributed by atoms with Gasteiger partial charge >= 0.3 is 7.12 Å². The standard InChI is InChI=1S/C38H37BN2O5/c1-23(2)29-21-30-36(38(44)41(37(30)43)26-10-4-3-5-11-26)31-22-39(45)46-34(35(29)31)18-16-25(32-14-8-9-19-40-32)20-24-15-17-33(42)28-13-7-6-12-27(24)28/h3-15,17,19-20,23,30-31,34,36,42,45H,16,18,21-22H2,1-2H3/b25-20-/t30-,31+,34-,36-/m1/s1. The quantitative estimate of drug-likeness (QED) is 0.134. The fourth-order valence-electron chi connectivity index (χ4n) is 7.81. The number of phenolic OH excluding ortho intramolecular Hbond substituents is 1. The van der Waals surface area contributed by atoms with E-state index in [1.165, 1.54) is 4.90 Å². The zero-order valence-corrected chi connectivity index (χ0v) is 26.0. The maximum absolute atomic E-state index is 14.0. The number of carbonyl (C=O) groups is 2. The first kappa shape index (κ1) is 30.1. The molecule has 2 N–H and O–H groups in total. The first-order valence-electron chi connectivity index (χ1n) is 16.1. The lowest BCUT2D eigenvalue weighted by molar-refractivity contribution is -0.122. The molecule has 7 nitrogen and oxygen atoms in total. The third-order valence-corrected chi connectivity index (χ3v) is 9.89. The maximum atomic E-state index is 14.0. The molecular formula is C38H37BN2O5. The van der Waals surface area contributed by atoms with E-state index in [0.29, 0.717) is 24.9 Å². The maximum Gasteiger partial charge on any atom is 0.455 e. The van der Waals surface area contributed by atoms with Gasteiger partial charge in [0.25, 0.3) is 0 Å². The Morgan fingerprint density at radius 3 is 2.43 bits per heavy atom. The van der Waals surface area contributed by atoms with E-state index in [1.807, 2.05) is 66.7 Å². The number of amides is 2. The Hall–Kier alpha value is -4.53. The van der Waals surface area contributed by atoms with Gasteiger partial charge in [0.15, 0.2) is 0 Å². The van der Waals surface area contributed by atoms with Gasteiger partial charge in [0.05, 0.1) is 29.3 Å². The molecule has 4 atom stereocenters. The molecule has 0 unspecified atom stereocenters. The van der Waals surface area contributed by atoms with Gasteiger partial charge in [-0.05, 0) is 95.9 Å². The van der Waals surface area contributed by atoms with Crippen molar-refractivity contribution >= 4 is 47.0 Å². The molecular weight excluding hydrogens is 575 g/mol. The highest BCUT2D eigenvalue weighted by Gasteiger charge is 2.57. The van der Waals surface area contributed by atoms with Gasteiger partial charge in [-0.3, -0.25) is 19.5 Å². The predicted octanol–water partition coefficient (Wildman–Crippen LogP) is 6.92. The molecule has 2 saturated heterocycles. The van der Waals surface area contributed by atoms with E-state index in [9.17, 15) is 19.7 Å². The van der Waals surface area contributed by atoms with Gasteiger partial charge in [-0.15, -0.1) is 0 Å². The lowest BCUT2D eigenvalue weighted by Gasteiger charge is -2.44. The summed E-state index contributed by atoms with van der Waals surface area (Å²) >= 11 is 0. The van der Waals surface area contributed by atoms with E-state index < -0.39 is 25.1 Å². The topological polar surface area (TPSA) is 100.0 Å². The van der Waals surface area contributed by atoms with Gasteiger partial charge in [0, 0.05) is 11.6 Å². The number of aromatic nitrogens is 1. The molecule has 0 spiro atoms. The van der Waals surface area contributed by atoms with Crippen molar-refractivity contribution in [3.8, 4) is 5.75 Å². The third-order valence-electron chi connectivity index (χ3n) is 9.89. The van der Waals surface area contributed by atoms with Crippen LogP contribution in [0.2, 0.25) is 6.32 Å². The summed E-state index contributed by atoms with van der Waals surface area (Å²) in [4.78, 5) is 33.8. The van der Waals surface area contributed by atoms with Crippen molar-refractivity contribution in [3.05, 3.63) is 114 Å². The van der Waals surface area contributed by atoms with E-state index in [0.717, 1.165) is 38.7 Å². The normalized spacial score (nSPS) is 23.3. The molecule has 3 heterocycles. The van der Waals surface area contributed by atoms with Gasteiger partial charge < -0.3 is 14.8 Å². The lowest BCUT2D eigenvalue weighted by Crippen LogP contribution is -2.46. The number of fused-ring (bicyclic) bond motifs is 4. The molecule has 8 heteroatoms. The van der Waals surface area contributed by atoms with Crippen LogP contribution in [0.3, 0.4) is 0 Å². The number of phenols is 1. The van der Waals surface area contributed by atoms with E-state index in [4.69, 9.17) is 4.65 Å². The number of imide groups is 1. The second-order valence-corrected chi connectivity index (χ2v) is 12.9. The fourth-order valence-corrected chi connectivity index (χ4v) is 7.81. The Balaban J connectivity index is 1.24. The summed E-state index contributed by atoms with van der Waals surface area (Å²) in [5, 5.41) is 23.3. The summed E-state index contributed by atoms with van der Waals surface area (Å²) in [6.45, 7) is 4.26. The number of hydrogen-bond acceptors (Lipinski definition) is 6. The molecule has 1 aliphatic carbocycles. The summed E-state index contributed by atoms with van der Waals surface area (Å²) in [6.07, 6.45) is 5.45. The first-order valence-corrected chi connectivity index (χ1v) is 16.1. The summed E-state index contributed by atoms with van der Waals surface area (Å²) in [5.41, 5.74) is 5.63. The number of hydrogen-bond donors (Lipinski definition) is 2. The van der Waals surface area contributed by atoms with Crippen molar-refractivity contribution in [2.75, 3.05) is 4.90 Å². The minimum absolute atomic E-state index is 0.155. The van der Waals surface area contributed by atoms with Crippen molar-refractivity contribution in [3.63, 3.8) is 0 Å². The van der Waals surface area contributed by atoms with Crippen molar-refractivity contribution in [1.82, 2.24) is 4.98 Å². The van der Waals surface area contributed by atoms with Crippen molar-refractivity contribution in [1.29, 1.82) is 0 Å². The predicted molar refractivity (Wildman–Crippen MR) is 180 cm³/mol. The number of anilines is 1. The monoisotopic (exact) mass is 612 g/mol. The van der Waals surface area contributed by atoms with Crippen LogP contribution in [0.15, 0.2) is 102 Å². The summed E-state index contributed by atoms with van der Waals surface area (Å²) < 4.78 is 6.29. The Labute approximate surface area is 269 Å². The molecule has 4 aromatic rings. The number of benzene rings is 3. The molecule has 0 radical (unpaired) electrons. The number of nitrogens with zero attached hydrogens (tertiary/aromatic N) is 2. The second-order valence-electron chi connectivity index (χ2n) is 12.9. The molecule has 3 aliphatic rings. The smallest absolute Gasteiger partial charge is 0.455 e. The van der Waals surface area contributed by atoms with Crippen LogP contribution < -0.4 is 4.90 Å². The lowest BCUT2D eigenvalue weighted by atomic mass is 9.57. The van der Waals surface area contributed by atoms with Crippen molar-refractivity contribution < 1.29 is 24.4 Å². The van der Waals surface area contributed by atoms with Crippen molar-refractivity contribution in [2.24, 2.45) is 23.7 Å². The summed E-state index contributed by atoms with van der Waals surface area (Å²) in [7, 11) is -1.04. The van der Waals surface area contributed by atoms with Crippen LogP contribution in [-0.4, -0.2) is 40.2 Å². The van der Waals surface area contributed by atoms with Crippen molar-refractivity contribution in [2.45, 2.75) is 45.5 Å². The Kier molecular flexibility index (Phi) is 8.09. The van der Waals surface area contributed by atoms with Gasteiger partial charge in [-0.1, -0.05) is 74.0 Å². The van der Waals surface area contributed by atoms with Gasteiger partial charge in [-0.25, -0.2) is 0 Å². The zero-order chi connectivity index (χ0) is 31.9. The molecule has 0 bridgehead atoms. The molecule has 0 saturated carbocycles. The van der Waals surface area contributed by atoms with Crippen LogP contribution in [0.4, 0.5) is 5.69 Å². The average molecular weight is 613 g/mol. The minimum Gasteiger partial charge on any atom is -0.507 e. The zero-order valence-electron chi connectivity index (χ0n) is 26.0. The van der Waals surface area contributed by atoms with E-state index >= 15 is 0 Å². The SMILES string of the molecule is CC(C)C1=C2[C@@H](CC/C(=C/c3ccc(O)c4ccccc34)c3ccccn3)OB(O)C[C@@H]2[C@@H]2C(=O)N(c3ccccc3)C(=O)[C@@H]2C1. The number of allylic oxidation sites excluding steroid dienone is 2. The van der Waals surface area contributed by atoms with Gasteiger partial charge in [-0.2, -0.15) is 0 Å². The van der Waals surface area contributed by atoms with Crippen LogP contribution in [-0.2, 0) is 14.2 Å². The highest BCUT2D eigenvalue weighted by molar-refractivity contribution is 6.43. The number of pyridine rings is 1. The highest BCUT2D eigenvalue weighted by Crippen LogP contribution is 2.52. The minimum atomic E-state index is -1.04. The third kappa shape index (κ3) is 5.35. The fraction of sp³-hybridized carbons (Fsp3) is 0.289. The Morgan fingerprint density at radius 2 is 1.70 bits per heavy atom. The van der Waals surface area contributed by atoms with E-state index in [2.05, 4.69) is 24.9 Å². The molecule has 3 aromatic carbocycles. The molecule has 46 heavy (non-hydrogen) atoms. The van der Waals surface area contributed by atoms with E-state index in [1.54, 1.807) is 24.4 Å². The number of carbonyl (C=O) groups excluding carboxylic acids is 2. The highest BCUT2D eigenvalue weighted by atomic mass is 16.5. The van der Waals surface area contributed by atoms with Crippen LogP contribution in [0.5, 0.6) is 5.75 Å². The second kappa shape index (κ2) is 12.3. The summed E-state index contributed by atoms with van der Waals surface area (Å²) in [5.74, 6) is -1.21. The summed E-state index contributed by atoms with van der Waals surface area (Å²) in [6, 6.07) is 26.4.